The number of non-ortho nitro benzene ring substituents is 1. The van der Waals surface area contributed by atoms with Crippen molar-refractivity contribution in [2.24, 2.45) is 0 Å². The number of hydrogen-bond donors (Lipinski definition) is 0. The Morgan fingerprint density at radius 1 is 1.10 bits per heavy atom. The van der Waals surface area contributed by atoms with Crippen LogP contribution in [-0.4, -0.2) is 10.9 Å². The highest BCUT2D eigenvalue weighted by molar-refractivity contribution is 6.18. The maximum atomic E-state index is 12.2. The molecule has 1 aliphatic rings. The fourth-order valence-corrected chi connectivity index (χ4v) is 2.27. The molecule has 0 fully saturated rings. The van der Waals surface area contributed by atoms with E-state index in [2.05, 4.69) is 0 Å². The summed E-state index contributed by atoms with van der Waals surface area (Å²) in [6.45, 7) is 0. The number of hydrogen-bond acceptors (Lipinski definition) is 4. The Morgan fingerprint density at radius 3 is 2.52 bits per heavy atom. The third-order valence-corrected chi connectivity index (χ3v) is 3.31. The summed E-state index contributed by atoms with van der Waals surface area (Å²) in [7, 11) is 0. The smallest absolute Gasteiger partial charge is 0.343 e. The maximum Gasteiger partial charge on any atom is 0.343 e. The Balaban J connectivity index is 1.77. The monoisotopic (exact) mass is 281 g/mol. The summed E-state index contributed by atoms with van der Waals surface area (Å²) in [6, 6.07) is 13.1. The van der Waals surface area contributed by atoms with E-state index in [1.807, 2.05) is 30.3 Å². The largest absolute Gasteiger partial charge is 0.423 e. The normalized spacial score (nSPS) is 12.5. The molecular formula is C16H11NO4. The van der Waals surface area contributed by atoms with E-state index in [1.165, 1.54) is 24.3 Å². The first-order valence-electron chi connectivity index (χ1n) is 6.40. The van der Waals surface area contributed by atoms with Gasteiger partial charge in [0.2, 0.25) is 0 Å². The van der Waals surface area contributed by atoms with E-state index in [-0.39, 0.29) is 11.4 Å². The first-order chi connectivity index (χ1) is 10.1. The fraction of sp³-hybridized carbons (Fsp3) is 0.0625. The van der Waals surface area contributed by atoms with E-state index in [9.17, 15) is 14.9 Å². The van der Waals surface area contributed by atoms with Crippen molar-refractivity contribution >= 4 is 17.2 Å². The first kappa shape index (κ1) is 13.1. The molecule has 5 nitrogen and oxygen atoms in total. The average molecular weight is 281 g/mol. The molecule has 0 bridgehead atoms. The predicted molar refractivity (Wildman–Crippen MR) is 76.9 cm³/mol. The van der Waals surface area contributed by atoms with E-state index in [0.29, 0.717) is 12.0 Å². The summed E-state index contributed by atoms with van der Waals surface area (Å²) in [6.07, 6.45) is 2.54. The van der Waals surface area contributed by atoms with E-state index >= 15 is 0 Å². The van der Waals surface area contributed by atoms with E-state index in [0.717, 1.165) is 11.1 Å². The summed E-state index contributed by atoms with van der Waals surface area (Å²) in [5.74, 6) is -0.162. The number of nitro groups is 1. The van der Waals surface area contributed by atoms with E-state index in [4.69, 9.17) is 4.74 Å². The standard InChI is InChI=1S/C16H11NO4/c18-16(15-10-5-11-3-1-2-4-14(11)15)21-13-8-6-12(7-9-13)17(19)20/h1-4,6-10H,5H2. The zero-order chi connectivity index (χ0) is 14.8. The van der Waals surface area contributed by atoms with Gasteiger partial charge < -0.3 is 4.74 Å². The van der Waals surface area contributed by atoms with Crippen molar-refractivity contribution in [1.29, 1.82) is 0 Å². The van der Waals surface area contributed by atoms with Gasteiger partial charge in [-0.15, -0.1) is 0 Å². The number of benzene rings is 2. The molecule has 1 aliphatic carbocycles. The third kappa shape index (κ3) is 2.53. The van der Waals surface area contributed by atoms with Crippen LogP contribution in [-0.2, 0) is 11.2 Å². The van der Waals surface area contributed by atoms with Crippen LogP contribution in [0.1, 0.15) is 11.1 Å². The molecule has 0 heterocycles. The minimum atomic E-state index is -0.499. The number of nitrogens with zero attached hydrogens (tertiary/aromatic N) is 1. The van der Waals surface area contributed by atoms with Crippen LogP contribution in [0.15, 0.2) is 54.6 Å². The number of esters is 1. The van der Waals surface area contributed by atoms with Gasteiger partial charge in [0, 0.05) is 12.1 Å². The molecule has 3 rings (SSSR count). The molecule has 2 aromatic carbocycles. The van der Waals surface area contributed by atoms with Gasteiger partial charge in [-0.25, -0.2) is 4.79 Å². The van der Waals surface area contributed by atoms with Crippen LogP contribution in [0.5, 0.6) is 5.75 Å². The molecule has 0 saturated carbocycles. The zero-order valence-corrected chi connectivity index (χ0v) is 11.0. The average Bonchev–Trinajstić information content (AvgIpc) is 2.92. The van der Waals surface area contributed by atoms with Gasteiger partial charge >= 0.3 is 5.97 Å². The van der Waals surface area contributed by atoms with E-state index < -0.39 is 10.9 Å². The van der Waals surface area contributed by atoms with Gasteiger partial charge in [0.25, 0.3) is 5.69 Å². The Labute approximate surface area is 120 Å². The molecule has 5 heteroatoms. The van der Waals surface area contributed by atoms with E-state index in [1.54, 1.807) is 0 Å². The van der Waals surface area contributed by atoms with Crippen molar-refractivity contribution in [3.8, 4) is 5.75 Å². The second-order valence-electron chi connectivity index (χ2n) is 4.62. The highest BCUT2D eigenvalue weighted by Crippen LogP contribution is 2.28. The molecular weight excluding hydrogens is 270 g/mol. The molecule has 21 heavy (non-hydrogen) atoms. The Hall–Kier alpha value is -2.95. The summed E-state index contributed by atoms with van der Waals surface area (Å²) < 4.78 is 5.26. The van der Waals surface area contributed by atoms with Crippen molar-refractivity contribution in [2.75, 3.05) is 0 Å². The van der Waals surface area contributed by atoms with Crippen molar-refractivity contribution in [2.45, 2.75) is 6.42 Å². The molecule has 0 aromatic heterocycles. The van der Waals surface area contributed by atoms with Gasteiger partial charge in [-0.3, -0.25) is 10.1 Å². The molecule has 0 spiro atoms. The highest BCUT2D eigenvalue weighted by Gasteiger charge is 2.21. The number of nitro benzene ring substituents is 1. The second-order valence-corrected chi connectivity index (χ2v) is 4.62. The lowest BCUT2D eigenvalue weighted by molar-refractivity contribution is -0.384. The summed E-state index contributed by atoms with van der Waals surface area (Å²) >= 11 is 0. The Morgan fingerprint density at radius 2 is 1.81 bits per heavy atom. The third-order valence-electron chi connectivity index (χ3n) is 3.31. The maximum absolute atomic E-state index is 12.2. The van der Waals surface area contributed by atoms with Crippen LogP contribution in [0.2, 0.25) is 0 Å². The summed E-state index contributed by atoms with van der Waals surface area (Å²) in [4.78, 5) is 22.2. The topological polar surface area (TPSA) is 69.4 Å². The Bertz CT molecular complexity index is 747. The molecule has 104 valence electrons. The quantitative estimate of drug-likeness (QED) is 0.375. The molecule has 0 amide bonds. The van der Waals surface area contributed by atoms with Crippen LogP contribution >= 0.6 is 0 Å². The number of carbonyl (C=O) groups excluding carboxylic acids is 1. The first-order valence-corrected chi connectivity index (χ1v) is 6.40. The SMILES string of the molecule is O=C(Oc1ccc([N+](=O)[O-])cc1)C1=CCc2ccccc21. The van der Waals surface area contributed by atoms with Gasteiger partial charge in [-0.2, -0.15) is 0 Å². The van der Waals surface area contributed by atoms with Gasteiger partial charge in [0.1, 0.15) is 5.75 Å². The van der Waals surface area contributed by atoms with Crippen LogP contribution in [0, 0.1) is 10.1 Å². The van der Waals surface area contributed by atoms with Crippen molar-refractivity contribution < 1.29 is 14.5 Å². The van der Waals surface area contributed by atoms with Gasteiger partial charge in [0.05, 0.1) is 10.5 Å². The summed E-state index contributed by atoms with van der Waals surface area (Å²) in [5, 5.41) is 10.6. The van der Waals surface area contributed by atoms with Crippen molar-refractivity contribution in [3.63, 3.8) is 0 Å². The lowest BCUT2D eigenvalue weighted by Crippen LogP contribution is -2.09. The lowest BCUT2D eigenvalue weighted by atomic mass is 10.1. The predicted octanol–water partition coefficient (Wildman–Crippen LogP) is 3.14. The summed E-state index contributed by atoms with van der Waals surface area (Å²) in [5.41, 5.74) is 2.46. The number of fused-ring (bicyclic) bond motifs is 1. The molecule has 0 N–H and O–H groups in total. The van der Waals surface area contributed by atoms with Crippen LogP contribution < -0.4 is 4.74 Å². The fourth-order valence-electron chi connectivity index (χ4n) is 2.27. The minimum absolute atomic E-state index is 0.0415. The Kier molecular flexibility index (Phi) is 3.23. The highest BCUT2D eigenvalue weighted by atomic mass is 16.6. The van der Waals surface area contributed by atoms with Crippen molar-refractivity contribution in [1.82, 2.24) is 0 Å². The van der Waals surface area contributed by atoms with Crippen molar-refractivity contribution in [3.05, 3.63) is 75.8 Å². The molecule has 0 atom stereocenters. The zero-order valence-electron chi connectivity index (χ0n) is 11.0. The number of allylic oxidation sites excluding steroid dienone is 1. The molecule has 0 aliphatic heterocycles. The van der Waals surface area contributed by atoms with Crippen LogP contribution in [0.3, 0.4) is 0 Å². The number of carbonyl (C=O) groups is 1. The molecule has 0 radical (unpaired) electrons. The van der Waals surface area contributed by atoms with Gasteiger partial charge in [0.15, 0.2) is 0 Å². The van der Waals surface area contributed by atoms with Crippen LogP contribution in [0.4, 0.5) is 5.69 Å². The number of ether oxygens (including phenoxy) is 1. The number of rotatable bonds is 3. The van der Waals surface area contributed by atoms with Gasteiger partial charge in [-0.05, 0) is 29.7 Å². The van der Waals surface area contributed by atoms with Gasteiger partial charge in [-0.1, -0.05) is 30.3 Å². The van der Waals surface area contributed by atoms with Crippen LogP contribution in [0.25, 0.3) is 5.57 Å². The minimum Gasteiger partial charge on any atom is -0.423 e. The molecule has 2 aromatic rings. The second kappa shape index (κ2) is 5.20. The molecule has 0 saturated heterocycles. The molecule has 0 unspecified atom stereocenters. The lowest BCUT2D eigenvalue weighted by Gasteiger charge is -2.06.